The van der Waals surface area contributed by atoms with Crippen molar-refractivity contribution in [2.75, 3.05) is 17.5 Å². The fourth-order valence-electron chi connectivity index (χ4n) is 3.39. The van der Waals surface area contributed by atoms with Gasteiger partial charge in [0.2, 0.25) is 0 Å². The highest BCUT2D eigenvalue weighted by atomic mass is 35.5. The number of carbonyl (C=O) groups is 1. The van der Waals surface area contributed by atoms with Crippen molar-refractivity contribution >= 4 is 52.9 Å². The van der Waals surface area contributed by atoms with Gasteiger partial charge in [-0.05, 0) is 44.2 Å². The van der Waals surface area contributed by atoms with E-state index in [4.69, 9.17) is 11.6 Å². The molecule has 2 aromatic rings. The number of halogens is 1. The second-order valence-electron chi connectivity index (χ2n) is 6.47. The smallest absolute Gasteiger partial charge is 0.256 e. The maximum absolute atomic E-state index is 13.4. The maximum atomic E-state index is 13.4. The quantitative estimate of drug-likeness (QED) is 0.717. The normalized spacial score (nSPS) is 17.8. The van der Waals surface area contributed by atoms with Crippen LogP contribution in [0.2, 0.25) is 5.02 Å². The van der Waals surface area contributed by atoms with Crippen LogP contribution < -0.4 is 4.72 Å². The monoisotopic (exact) mass is 419 g/mol. The molecule has 2 atom stereocenters. The van der Waals surface area contributed by atoms with E-state index in [1.165, 1.54) is 6.26 Å². The molecule has 0 saturated carbocycles. The van der Waals surface area contributed by atoms with Gasteiger partial charge in [0.25, 0.3) is 5.91 Å². The first kappa shape index (κ1) is 20.3. The molecule has 0 spiro atoms. The van der Waals surface area contributed by atoms with E-state index in [9.17, 15) is 9.00 Å². The zero-order valence-corrected chi connectivity index (χ0v) is 17.2. The first-order chi connectivity index (χ1) is 13.4. The van der Waals surface area contributed by atoms with Crippen LogP contribution in [0, 0.1) is 0 Å². The summed E-state index contributed by atoms with van der Waals surface area (Å²) in [5.41, 5.74) is 1.62. The zero-order chi connectivity index (χ0) is 20.3. The first-order valence-corrected chi connectivity index (χ1v) is 10.8. The average Bonchev–Trinajstić information content (AvgIpc) is 3.12. The lowest BCUT2D eigenvalue weighted by atomic mass is 9.98. The minimum absolute atomic E-state index is 0.179. The molecule has 1 aromatic heterocycles. The van der Waals surface area contributed by atoms with Gasteiger partial charge in [0.15, 0.2) is 5.82 Å². The second-order valence-corrected chi connectivity index (χ2v) is 8.02. The summed E-state index contributed by atoms with van der Waals surface area (Å²) in [7, 11) is -1.31. The molecule has 1 saturated heterocycles. The third-order valence-electron chi connectivity index (χ3n) is 4.64. The minimum atomic E-state index is -1.31. The van der Waals surface area contributed by atoms with E-state index in [0.29, 0.717) is 28.6 Å². The topological polar surface area (TPSA) is 79.6 Å². The lowest BCUT2D eigenvalue weighted by Crippen LogP contribution is -2.39. The number of carbonyl (C=O) groups excluding carboxylic acids is 1. The molecule has 1 fully saturated rings. The van der Waals surface area contributed by atoms with Gasteiger partial charge in [-0.1, -0.05) is 18.2 Å². The van der Waals surface area contributed by atoms with Crippen molar-refractivity contribution in [3.05, 3.63) is 47.1 Å². The van der Waals surface area contributed by atoms with Crippen LogP contribution in [0.25, 0.3) is 6.20 Å². The van der Waals surface area contributed by atoms with Crippen LogP contribution in [0.5, 0.6) is 0 Å². The van der Waals surface area contributed by atoms with Gasteiger partial charge < -0.3 is 9.62 Å². The van der Waals surface area contributed by atoms with Gasteiger partial charge in [-0.15, -0.1) is 0 Å². The number of aromatic nitrogens is 2. The van der Waals surface area contributed by atoms with Gasteiger partial charge in [-0.2, -0.15) is 5.10 Å². The molecule has 3 rings (SSSR count). The SMILES string of the molecule is C=Cn1nc(C2CCCCN2C(=O)c2cc(Cl)ccc2NS(C)=O)cc1N=C. The number of hydrogen-bond donors (Lipinski definition) is 1. The number of benzene rings is 1. The van der Waals surface area contributed by atoms with Gasteiger partial charge in [0.1, 0.15) is 11.0 Å². The van der Waals surface area contributed by atoms with Gasteiger partial charge in [-0.25, -0.2) is 13.9 Å². The van der Waals surface area contributed by atoms with Crippen molar-refractivity contribution in [2.24, 2.45) is 4.99 Å². The Labute approximate surface area is 171 Å². The van der Waals surface area contributed by atoms with E-state index in [-0.39, 0.29) is 11.9 Å². The average molecular weight is 420 g/mol. The van der Waals surface area contributed by atoms with Crippen LogP contribution in [0.4, 0.5) is 11.5 Å². The fraction of sp³-hybridized carbons (Fsp3) is 0.316. The Bertz CT molecular complexity index is 917. The Morgan fingerprint density at radius 3 is 2.86 bits per heavy atom. The van der Waals surface area contributed by atoms with E-state index in [0.717, 1.165) is 25.0 Å². The summed E-state index contributed by atoms with van der Waals surface area (Å²) in [6.45, 7) is 7.89. The Morgan fingerprint density at radius 2 is 2.21 bits per heavy atom. The minimum Gasteiger partial charge on any atom is -0.330 e. The maximum Gasteiger partial charge on any atom is 0.256 e. The summed E-state index contributed by atoms with van der Waals surface area (Å²) >= 11 is 6.13. The van der Waals surface area contributed by atoms with Crippen LogP contribution in [-0.2, 0) is 11.0 Å². The Kier molecular flexibility index (Phi) is 6.31. The molecule has 0 radical (unpaired) electrons. The van der Waals surface area contributed by atoms with E-state index in [1.54, 1.807) is 34.0 Å². The van der Waals surface area contributed by atoms with Crippen molar-refractivity contribution in [1.29, 1.82) is 0 Å². The molecule has 1 amide bonds. The van der Waals surface area contributed by atoms with E-state index in [1.807, 2.05) is 6.07 Å². The van der Waals surface area contributed by atoms with Gasteiger partial charge in [0.05, 0.1) is 23.0 Å². The zero-order valence-electron chi connectivity index (χ0n) is 15.6. The van der Waals surface area contributed by atoms with E-state index in [2.05, 4.69) is 28.1 Å². The van der Waals surface area contributed by atoms with Crippen molar-refractivity contribution in [2.45, 2.75) is 25.3 Å². The molecular weight excluding hydrogens is 398 g/mol. The lowest BCUT2D eigenvalue weighted by Gasteiger charge is -2.35. The standard InChI is InChI=1S/C19H22ClN5O2S/c1-4-25-18(21-2)12-16(22-25)17-7-5-6-10-24(17)19(26)14-11-13(20)8-9-15(14)23-28(3)27/h4,8-9,11-12,17,23H,1-2,5-7,10H2,3H3. The summed E-state index contributed by atoms with van der Waals surface area (Å²) in [5, 5.41) is 4.96. The number of anilines is 1. The third kappa shape index (κ3) is 4.18. The van der Waals surface area contributed by atoms with Crippen molar-refractivity contribution < 1.29 is 9.00 Å². The van der Waals surface area contributed by atoms with Crippen molar-refractivity contribution in [3.8, 4) is 0 Å². The Balaban J connectivity index is 1.98. The molecule has 1 N–H and O–H groups in total. The molecule has 7 nitrogen and oxygen atoms in total. The number of piperidine rings is 1. The highest BCUT2D eigenvalue weighted by molar-refractivity contribution is 7.85. The van der Waals surface area contributed by atoms with Crippen LogP contribution in [-0.4, -0.2) is 44.3 Å². The van der Waals surface area contributed by atoms with E-state index < -0.39 is 11.0 Å². The van der Waals surface area contributed by atoms with Gasteiger partial charge >= 0.3 is 0 Å². The summed E-state index contributed by atoms with van der Waals surface area (Å²) in [6.07, 6.45) is 5.75. The largest absolute Gasteiger partial charge is 0.330 e. The summed E-state index contributed by atoms with van der Waals surface area (Å²) < 4.78 is 16.0. The lowest BCUT2D eigenvalue weighted by molar-refractivity contribution is 0.0607. The molecule has 9 heteroatoms. The predicted octanol–water partition coefficient (Wildman–Crippen LogP) is 4.04. The van der Waals surface area contributed by atoms with Crippen LogP contribution in [0.1, 0.15) is 41.4 Å². The molecule has 1 aliphatic heterocycles. The van der Waals surface area contributed by atoms with Crippen LogP contribution in [0.15, 0.2) is 35.8 Å². The first-order valence-electron chi connectivity index (χ1n) is 8.84. The van der Waals surface area contributed by atoms with Crippen molar-refractivity contribution in [3.63, 3.8) is 0 Å². The molecule has 1 aromatic carbocycles. The molecular formula is C19H22ClN5O2S. The molecule has 0 aliphatic carbocycles. The third-order valence-corrected chi connectivity index (χ3v) is 5.38. The number of nitrogens with zero attached hydrogens (tertiary/aromatic N) is 4. The number of aliphatic imine (C=N–C) groups is 1. The summed E-state index contributed by atoms with van der Waals surface area (Å²) in [4.78, 5) is 19.2. The van der Waals surface area contributed by atoms with Crippen molar-refractivity contribution in [1.82, 2.24) is 14.7 Å². The fourth-order valence-corrected chi connectivity index (χ4v) is 4.05. The predicted molar refractivity (Wildman–Crippen MR) is 115 cm³/mol. The van der Waals surface area contributed by atoms with Gasteiger partial charge in [-0.3, -0.25) is 4.79 Å². The Hall–Kier alpha value is -2.45. The number of hydrogen-bond acceptors (Lipinski definition) is 4. The summed E-state index contributed by atoms with van der Waals surface area (Å²) in [6, 6.07) is 6.56. The van der Waals surface area contributed by atoms with Crippen LogP contribution >= 0.6 is 11.6 Å². The highest BCUT2D eigenvalue weighted by Gasteiger charge is 2.32. The highest BCUT2D eigenvalue weighted by Crippen LogP contribution is 2.34. The number of likely N-dealkylation sites (tertiary alicyclic amines) is 1. The number of nitrogens with one attached hydrogen (secondary N) is 1. The molecule has 0 bridgehead atoms. The van der Waals surface area contributed by atoms with Crippen LogP contribution in [0.3, 0.4) is 0 Å². The molecule has 2 heterocycles. The van der Waals surface area contributed by atoms with Gasteiger partial charge in [0, 0.05) is 30.1 Å². The second kappa shape index (κ2) is 8.70. The summed E-state index contributed by atoms with van der Waals surface area (Å²) in [5.74, 6) is 0.399. The van der Waals surface area contributed by atoms with E-state index >= 15 is 0 Å². The number of amides is 1. The molecule has 1 aliphatic rings. The molecule has 148 valence electrons. The Morgan fingerprint density at radius 1 is 1.43 bits per heavy atom. The molecule has 28 heavy (non-hydrogen) atoms. The molecule has 2 unspecified atom stereocenters. The number of rotatable bonds is 6.